The SMILES string of the molecule is Cc1c(C(=O)NC2(C(=O)O)CCOC2)[nH]c2c1C(=O)CCC2. The van der Waals surface area contributed by atoms with Crippen molar-refractivity contribution < 1.29 is 24.2 Å². The van der Waals surface area contributed by atoms with E-state index in [1.54, 1.807) is 6.92 Å². The summed E-state index contributed by atoms with van der Waals surface area (Å²) in [4.78, 5) is 38.9. The molecule has 1 fully saturated rings. The number of ether oxygens (including phenoxy) is 1. The van der Waals surface area contributed by atoms with Crippen LogP contribution in [0.3, 0.4) is 0 Å². The first-order chi connectivity index (χ1) is 10.4. The number of aromatic nitrogens is 1. The van der Waals surface area contributed by atoms with E-state index in [4.69, 9.17) is 4.74 Å². The fourth-order valence-corrected chi connectivity index (χ4v) is 3.17. The van der Waals surface area contributed by atoms with Gasteiger partial charge in [-0.25, -0.2) is 4.79 Å². The zero-order valence-corrected chi connectivity index (χ0v) is 12.3. The van der Waals surface area contributed by atoms with Crippen molar-refractivity contribution in [2.75, 3.05) is 13.2 Å². The number of H-pyrrole nitrogens is 1. The summed E-state index contributed by atoms with van der Waals surface area (Å²) in [6.07, 6.45) is 2.20. The third kappa shape index (κ3) is 2.21. The maximum atomic E-state index is 12.5. The fourth-order valence-electron chi connectivity index (χ4n) is 3.17. The lowest BCUT2D eigenvalue weighted by molar-refractivity contribution is -0.144. The number of carbonyl (C=O) groups is 3. The smallest absolute Gasteiger partial charge is 0.331 e. The number of nitrogens with one attached hydrogen (secondary N) is 2. The quantitative estimate of drug-likeness (QED) is 0.766. The molecule has 1 aromatic rings. The summed E-state index contributed by atoms with van der Waals surface area (Å²) >= 11 is 0. The molecule has 0 aromatic carbocycles. The van der Waals surface area contributed by atoms with Crippen LogP contribution in [0.15, 0.2) is 0 Å². The standard InChI is InChI=1S/C15H18N2O5/c1-8-11-9(3-2-4-10(11)18)16-12(8)13(19)17-15(14(20)21)5-6-22-7-15/h16H,2-7H2,1H3,(H,17,19)(H,20,21). The summed E-state index contributed by atoms with van der Waals surface area (Å²) in [6, 6.07) is 0. The first-order valence-corrected chi connectivity index (χ1v) is 7.33. The lowest BCUT2D eigenvalue weighted by atomic mass is 9.93. The zero-order chi connectivity index (χ0) is 15.9. The average molecular weight is 306 g/mol. The normalized spacial score (nSPS) is 24.1. The van der Waals surface area contributed by atoms with E-state index in [0.717, 1.165) is 18.5 Å². The molecule has 2 aliphatic rings. The van der Waals surface area contributed by atoms with Gasteiger partial charge in [-0.3, -0.25) is 9.59 Å². The van der Waals surface area contributed by atoms with Crippen LogP contribution in [0.5, 0.6) is 0 Å². The number of aliphatic carboxylic acids is 1. The number of carbonyl (C=O) groups excluding carboxylic acids is 2. The average Bonchev–Trinajstić information content (AvgIpc) is 3.05. The highest BCUT2D eigenvalue weighted by atomic mass is 16.5. The van der Waals surface area contributed by atoms with Gasteiger partial charge in [-0.15, -0.1) is 0 Å². The van der Waals surface area contributed by atoms with E-state index in [0.29, 0.717) is 24.2 Å². The van der Waals surface area contributed by atoms with Gasteiger partial charge in [-0.1, -0.05) is 0 Å². The van der Waals surface area contributed by atoms with Gasteiger partial charge < -0.3 is 20.1 Å². The number of amides is 1. The number of carboxylic acid groups (broad SMARTS) is 1. The summed E-state index contributed by atoms with van der Waals surface area (Å²) in [7, 11) is 0. The van der Waals surface area contributed by atoms with E-state index in [2.05, 4.69) is 10.3 Å². The number of aryl methyl sites for hydroxylation is 1. The minimum atomic E-state index is -1.39. The number of aromatic amines is 1. The molecule has 7 nitrogen and oxygen atoms in total. The van der Waals surface area contributed by atoms with E-state index >= 15 is 0 Å². The molecule has 1 aromatic heterocycles. The van der Waals surface area contributed by atoms with Gasteiger partial charge in [0.25, 0.3) is 5.91 Å². The van der Waals surface area contributed by atoms with Crippen molar-refractivity contribution in [2.45, 2.75) is 38.1 Å². The Bertz CT molecular complexity index is 655. The van der Waals surface area contributed by atoms with Gasteiger partial charge >= 0.3 is 5.97 Å². The largest absolute Gasteiger partial charge is 0.479 e. The molecule has 22 heavy (non-hydrogen) atoms. The molecule has 1 unspecified atom stereocenters. The number of hydrogen-bond acceptors (Lipinski definition) is 4. The molecule has 1 saturated heterocycles. The molecule has 0 bridgehead atoms. The first-order valence-electron chi connectivity index (χ1n) is 7.33. The third-order valence-corrected chi connectivity index (χ3v) is 4.45. The maximum Gasteiger partial charge on any atom is 0.331 e. The van der Waals surface area contributed by atoms with E-state index < -0.39 is 17.4 Å². The Labute approximate surface area is 127 Å². The molecule has 2 heterocycles. The topological polar surface area (TPSA) is 108 Å². The van der Waals surface area contributed by atoms with Crippen LogP contribution in [0.4, 0.5) is 0 Å². The van der Waals surface area contributed by atoms with Crippen LogP contribution in [0.25, 0.3) is 0 Å². The van der Waals surface area contributed by atoms with Crippen molar-refractivity contribution in [1.82, 2.24) is 10.3 Å². The zero-order valence-electron chi connectivity index (χ0n) is 12.3. The lowest BCUT2D eigenvalue weighted by Crippen LogP contribution is -2.55. The molecule has 3 N–H and O–H groups in total. The first kappa shape index (κ1) is 14.8. The van der Waals surface area contributed by atoms with Crippen LogP contribution in [0.1, 0.15) is 51.4 Å². The Hall–Kier alpha value is -2.15. The van der Waals surface area contributed by atoms with Crippen LogP contribution < -0.4 is 5.32 Å². The Morgan fingerprint density at radius 1 is 1.36 bits per heavy atom. The monoisotopic (exact) mass is 306 g/mol. The van der Waals surface area contributed by atoms with Gasteiger partial charge in [-0.05, 0) is 25.3 Å². The Kier molecular flexibility index (Phi) is 3.52. The number of hydrogen-bond donors (Lipinski definition) is 3. The third-order valence-electron chi connectivity index (χ3n) is 4.45. The molecule has 7 heteroatoms. The molecule has 0 saturated carbocycles. The summed E-state index contributed by atoms with van der Waals surface area (Å²) in [5.41, 5.74) is 0.831. The molecule has 0 radical (unpaired) electrons. The van der Waals surface area contributed by atoms with Crippen molar-refractivity contribution in [3.05, 3.63) is 22.5 Å². The molecule has 1 aliphatic heterocycles. The van der Waals surface area contributed by atoms with E-state index in [1.807, 2.05) is 0 Å². The molecule has 1 atom stereocenters. The van der Waals surface area contributed by atoms with E-state index in [9.17, 15) is 19.5 Å². The molecule has 118 valence electrons. The molecule has 0 spiro atoms. The summed E-state index contributed by atoms with van der Waals surface area (Å²) in [5.74, 6) is -1.58. The lowest BCUT2D eigenvalue weighted by Gasteiger charge is -2.23. The summed E-state index contributed by atoms with van der Waals surface area (Å²) < 4.78 is 5.13. The van der Waals surface area contributed by atoms with E-state index in [1.165, 1.54) is 0 Å². The Morgan fingerprint density at radius 3 is 2.73 bits per heavy atom. The number of carboxylic acids is 1. The van der Waals surface area contributed by atoms with Crippen molar-refractivity contribution >= 4 is 17.7 Å². The van der Waals surface area contributed by atoms with Crippen molar-refractivity contribution in [3.8, 4) is 0 Å². The van der Waals surface area contributed by atoms with Gasteiger partial charge in [0.15, 0.2) is 11.3 Å². The van der Waals surface area contributed by atoms with Crippen LogP contribution >= 0.6 is 0 Å². The molecule has 1 amide bonds. The van der Waals surface area contributed by atoms with Gasteiger partial charge in [0.2, 0.25) is 0 Å². The van der Waals surface area contributed by atoms with Crippen molar-refractivity contribution in [1.29, 1.82) is 0 Å². The second kappa shape index (κ2) is 5.24. The molecular formula is C15H18N2O5. The predicted octanol–water partition coefficient (Wildman–Crippen LogP) is 0.816. The van der Waals surface area contributed by atoms with Gasteiger partial charge in [-0.2, -0.15) is 0 Å². The number of ketones is 1. The van der Waals surface area contributed by atoms with Crippen molar-refractivity contribution in [2.24, 2.45) is 0 Å². The van der Waals surface area contributed by atoms with Crippen LogP contribution in [0.2, 0.25) is 0 Å². The summed E-state index contributed by atoms with van der Waals surface area (Å²) in [5, 5.41) is 11.9. The minimum Gasteiger partial charge on any atom is -0.479 e. The van der Waals surface area contributed by atoms with Crippen LogP contribution in [-0.2, 0) is 16.0 Å². The Morgan fingerprint density at radius 2 is 2.14 bits per heavy atom. The highest BCUT2D eigenvalue weighted by Gasteiger charge is 2.44. The van der Waals surface area contributed by atoms with Gasteiger partial charge in [0, 0.05) is 30.7 Å². The second-order valence-corrected chi connectivity index (χ2v) is 5.90. The minimum absolute atomic E-state index is 0.0335. The highest BCUT2D eigenvalue weighted by Crippen LogP contribution is 2.27. The van der Waals surface area contributed by atoms with E-state index in [-0.39, 0.29) is 24.5 Å². The van der Waals surface area contributed by atoms with Gasteiger partial charge in [0.05, 0.1) is 6.61 Å². The number of rotatable bonds is 3. The summed E-state index contributed by atoms with van der Waals surface area (Å²) in [6.45, 7) is 1.96. The molecule has 1 aliphatic carbocycles. The van der Waals surface area contributed by atoms with Crippen LogP contribution in [0, 0.1) is 6.92 Å². The predicted molar refractivity (Wildman–Crippen MR) is 76.1 cm³/mol. The number of fused-ring (bicyclic) bond motifs is 1. The molecule has 3 rings (SSSR count). The number of Topliss-reactive ketones (excluding diaryl/α,β-unsaturated/α-hetero) is 1. The van der Waals surface area contributed by atoms with Gasteiger partial charge in [0.1, 0.15) is 5.69 Å². The Balaban J connectivity index is 1.90. The second-order valence-electron chi connectivity index (χ2n) is 5.90. The highest BCUT2D eigenvalue weighted by molar-refractivity contribution is 6.05. The molecular weight excluding hydrogens is 288 g/mol. The fraction of sp³-hybridized carbons (Fsp3) is 0.533. The van der Waals surface area contributed by atoms with Crippen LogP contribution in [-0.4, -0.2) is 46.5 Å². The van der Waals surface area contributed by atoms with Crippen molar-refractivity contribution in [3.63, 3.8) is 0 Å². The maximum absolute atomic E-state index is 12.5.